The zero-order valence-electron chi connectivity index (χ0n) is 23.3. The summed E-state index contributed by atoms with van der Waals surface area (Å²) >= 11 is 0. The third kappa shape index (κ3) is 5.79. The highest BCUT2D eigenvalue weighted by molar-refractivity contribution is 5.67. The van der Waals surface area contributed by atoms with Crippen LogP contribution in [-0.2, 0) is 9.59 Å². The van der Waals surface area contributed by atoms with Crippen molar-refractivity contribution in [2.75, 3.05) is 0 Å². The molecule has 210 valence electrons. The molecular formula is C30H46N4O4. The first kappa shape index (κ1) is 27.6. The first-order valence-electron chi connectivity index (χ1n) is 14.6. The summed E-state index contributed by atoms with van der Waals surface area (Å²) in [5, 5.41) is 34.5. The predicted molar refractivity (Wildman–Crippen MR) is 148 cm³/mol. The minimum absolute atomic E-state index is 0.112. The van der Waals surface area contributed by atoms with Crippen LogP contribution in [0.4, 0.5) is 0 Å². The Balaban J connectivity index is 1.44. The third-order valence-electron chi connectivity index (χ3n) is 10.2. The van der Waals surface area contributed by atoms with E-state index in [2.05, 4.69) is 61.1 Å². The Labute approximate surface area is 226 Å². The normalized spacial score (nSPS) is 40.8. The van der Waals surface area contributed by atoms with Gasteiger partial charge < -0.3 is 31.5 Å². The summed E-state index contributed by atoms with van der Waals surface area (Å²) < 4.78 is 0. The molecule has 0 radical (unpaired) electrons. The average molecular weight is 527 g/mol. The molecule has 0 aromatic rings. The van der Waals surface area contributed by atoms with Crippen LogP contribution in [0.1, 0.15) is 79.1 Å². The van der Waals surface area contributed by atoms with E-state index in [9.17, 15) is 19.8 Å². The summed E-state index contributed by atoms with van der Waals surface area (Å²) in [6.45, 7) is 8.95. The molecule has 0 spiro atoms. The second kappa shape index (κ2) is 11.2. The average Bonchev–Trinajstić information content (AvgIpc) is 3.53. The molecule has 5 aliphatic heterocycles. The molecule has 8 nitrogen and oxygen atoms in total. The molecule has 2 saturated heterocycles. The van der Waals surface area contributed by atoms with E-state index in [0.29, 0.717) is 49.0 Å². The number of hydrogen-bond donors (Lipinski definition) is 6. The maximum absolute atomic E-state index is 11.5. The van der Waals surface area contributed by atoms with Gasteiger partial charge in [0.15, 0.2) is 0 Å². The second-order valence-electron chi connectivity index (χ2n) is 12.6. The highest BCUT2D eigenvalue weighted by atomic mass is 16.4. The topological polar surface area (TPSA) is 123 Å². The van der Waals surface area contributed by atoms with Crippen molar-refractivity contribution < 1.29 is 19.8 Å². The molecule has 5 rings (SSSR count). The van der Waals surface area contributed by atoms with Crippen LogP contribution in [0.15, 0.2) is 34.4 Å². The van der Waals surface area contributed by atoms with Gasteiger partial charge in [-0.15, -0.1) is 0 Å². The van der Waals surface area contributed by atoms with Crippen molar-refractivity contribution in [3.8, 4) is 0 Å². The Morgan fingerprint density at radius 2 is 1.34 bits per heavy atom. The van der Waals surface area contributed by atoms with Crippen molar-refractivity contribution >= 4 is 11.9 Å². The lowest BCUT2D eigenvalue weighted by Crippen LogP contribution is -2.45. The van der Waals surface area contributed by atoms with E-state index in [4.69, 9.17) is 0 Å². The Kier molecular flexibility index (Phi) is 8.15. The van der Waals surface area contributed by atoms with Crippen molar-refractivity contribution in [2.24, 2.45) is 11.8 Å². The number of nitrogens with one attached hydrogen (secondary N) is 4. The Bertz CT molecular complexity index is 1040. The second-order valence-corrected chi connectivity index (χ2v) is 12.6. The Morgan fingerprint density at radius 3 is 1.97 bits per heavy atom. The van der Waals surface area contributed by atoms with E-state index in [1.54, 1.807) is 0 Å². The number of carboxylic acid groups (broad SMARTS) is 2. The van der Waals surface area contributed by atoms with Crippen molar-refractivity contribution in [1.29, 1.82) is 0 Å². The van der Waals surface area contributed by atoms with E-state index in [1.807, 2.05) is 0 Å². The van der Waals surface area contributed by atoms with Crippen LogP contribution < -0.4 is 21.3 Å². The first-order valence-corrected chi connectivity index (χ1v) is 14.6. The molecule has 6 N–H and O–H groups in total. The summed E-state index contributed by atoms with van der Waals surface area (Å²) in [5.74, 6) is -0.850. The van der Waals surface area contributed by atoms with E-state index < -0.39 is 11.9 Å². The third-order valence-corrected chi connectivity index (χ3v) is 10.2. The maximum Gasteiger partial charge on any atom is 0.303 e. The summed E-state index contributed by atoms with van der Waals surface area (Å²) in [7, 11) is 0. The van der Waals surface area contributed by atoms with Crippen LogP contribution in [-0.4, -0.2) is 70.5 Å². The van der Waals surface area contributed by atoms with Gasteiger partial charge in [0.05, 0.1) is 0 Å². The first-order chi connectivity index (χ1) is 18.1. The summed E-state index contributed by atoms with van der Waals surface area (Å²) in [6.07, 6.45) is 10.2. The van der Waals surface area contributed by atoms with Gasteiger partial charge in [0.1, 0.15) is 0 Å². The molecule has 10 unspecified atom stereocenters. The lowest BCUT2D eigenvalue weighted by molar-refractivity contribution is -0.138. The minimum Gasteiger partial charge on any atom is -0.481 e. The zero-order valence-corrected chi connectivity index (χ0v) is 23.3. The van der Waals surface area contributed by atoms with Crippen LogP contribution in [0.5, 0.6) is 0 Å². The molecule has 5 heterocycles. The van der Waals surface area contributed by atoms with E-state index >= 15 is 0 Å². The van der Waals surface area contributed by atoms with Gasteiger partial charge in [-0.3, -0.25) is 9.59 Å². The molecule has 0 aromatic carbocycles. The molecule has 0 aromatic heterocycles. The lowest BCUT2D eigenvalue weighted by Gasteiger charge is -2.27. The fourth-order valence-electron chi connectivity index (χ4n) is 8.07. The molecule has 0 amide bonds. The molecule has 8 heteroatoms. The van der Waals surface area contributed by atoms with Crippen LogP contribution in [0, 0.1) is 11.8 Å². The van der Waals surface area contributed by atoms with Crippen molar-refractivity contribution in [1.82, 2.24) is 21.3 Å². The molecule has 0 saturated carbocycles. The number of hydrogen-bond acceptors (Lipinski definition) is 6. The number of carbonyl (C=O) groups is 2. The van der Waals surface area contributed by atoms with Crippen LogP contribution in [0.3, 0.4) is 0 Å². The number of rotatable bonds is 6. The number of fused-ring (bicyclic) bond motifs is 8. The summed E-state index contributed by atoms with van der Waals surface area (Å²) in [5.41, 5.74) is 5.35. The summed E-state index contributed by atoms with van der Waals surface area (Å²) in [6, 6.07) is 2.15. The number of carboxylic acids is 2. The largest absolute Gasteiger partial charge is 0.481 e. The van der Waals surface area contributed by atoms with Gasteiger partial charge in [-0.1, -0.05) is 41.4 Å². The van der Waals surface area contributed by atoms with E-state index in [1.165, 1.54) is 22.3 Å². The minimum atomic E-state index is -0.761. The Hall–Kier alpha value is -2.00. The summed E-state index contributed by atoms with van der Waals surface area (Å²) in [4.78, 5) is 23.0. The highest BCUT2D eigenvalue weighted by Crippen LogP contribution is 2.39. The van der Waals surface area contributed by atoms with Gasteiger partial charge in [0, 0.05) is 61.2 Å². The lowest BCUT2D eigenvalue weighted by atomic mass is 9.80. The fraction of sp³-hybridized carbons (Fsp3) is 0.733. The highest BCUT2D eigenvalue weighted by Gasteiger charge is 2.44. The van der Waals surface area contributed by atoms with Gasteiger partial charge >= 0.3 is 11.9 Å². The molecule has 10 atom stereocenters. The molecule has 38 heavy (non-hydrogen) atoms. The quantitative estimate of drug-likeness (QED) is 0.292. The molecular weight excluding hydrogens is 480 g/mol. The van der Waals surface area contributed by atoms with Crippen molar-refractivity contribution in [2.45, 2.75) is 127 Å². The van der Waals surface area contributed by atoms with Gasteiger partial charge in [-0.2, -0.15) is 0 Å². The van der Waals surface area contributed by atoms with Gasteiger partial charge in [-0.25, -0.2) is 0 Å². The monoisotopic (exact) mass is 526 g/mol. The van der Waals surface area contributed by atoms with Gasteiger partial charge in [-0.05, 0) is 71.1 Å². The maximum atomic E-state index is 11.5. The molecule has 8 bridgehead atoms. The molecule has 0 aliphatic carbocycles. The molecule has 5 aliphatic rings. The van der Waals surface area contributed by atoms with E-state index in [0.717, 1.165) is 25.7 Å². The zero-order chi connectivity index (χ0) is 27.1. The SMILES string of the molecule is CC1=CC2CC3NC(CC4NC(CC5NC(C=C5C)CC1N2)C(C)C4CCC(=O)O)C(CCC(=O)O)=C3C. The smallest absolute Gasteiger partial charge is 0.303 e. The predicted octanol–water partition coefficient (Wildman–Crippen LogP) is 3.11. The van der Waals surface area contributed by atoms with Gasteiger partial charge in [0.2, 0.25) is 0 Å². The van der Waals surface area contributed by atoms with Crippen molar-refractivity contribution in [3.63, 3.8) is 0 Å². The van der Waals surface area contributed by atoms with E-state index in [-0.39, 0.29) is 36.9 Å². The molecule has 2 fully saturated rings. The fourth-order valence-corrected chi connectivity index (χ4v) is 8.07. The van der Waals surface area contributed by atoms with Crippen molar-refractivity contribution in [3.05, 3.63) is 34.4 Å². The Morgan fingerprint density at radius 1 is 0.763 bits per heavy atom. The van der Waals surface area contributed by atoms with Crippen LogP contribution in [0.2, 0.25) is 0 Å². The number of aliphatic carboxylic acids is 2. The standard InChI is InChI=1S/C30H46N4O4/c1-15-9-20-12-25-17(3)21(5-7-29(35)36)27(33-25)14-28-22(6-8-30(37)38)18(4)26(34-28)13-24-16(2)10-19(32-24)11-23(15)31-20/h9-10,18-20,22-28,31-34H,5-8,11-14H2,1-4H3,(H,35,36)(H,37,38). The van der Waals surface area contributed by atoms with Crippen LogP contribution >= 0.6 is 0 Å². The van der Waals surface area contributed by atoms with Gasteiger partial charge in [0.25, 0.3) is 0 Å². The van der Waals surface area contributed by atoms with Crippen LogP contribution in [0.25, 0.3) is 0 Å².